The van der Waals surface area contributed by atoms with Crippen molar-refractivity contribution in [1.29, 1.82) is 0 Å². The van der Waals surface area contributed by atoms with Crippen LogP contribution >= 0.6 is 0 Å². The van der Waals surface area contributed by atoms with Gasteiger partial charge in [0.05, 0.1) is 55.9 Å². The van der Waals surface area contributed by atoms with Crippen LogP contribution in [0.4, 0.5) is 20.6 Å². The number of ether oxygens (including phenoxy) is 2. The highest BCUT2D eigenvalue weighted by atomic mass is 19.1. The van der Waals surface area contributed by atoms with E-state index in [1.165, 1.54) is 15.9 Å². The smallest absolute Gasteiger partial charge is 0.415 e. The molecular formula is C35H46FN3O5. The Bertz CT molecular complexity index is 1530. The molecule has 0 radical (unpaired) electrons. The van der Waals surface area contributed by atoms with Crippen molar-refractivity contribution in [2.75, 3.05) is 9.80 Å². The second-order valence-corrected chi connectivity index (χ2v) is 15.6. The lowest BCUT2D eigenvalue weighted by Crippen LogP contribution is -2.78. The number of morpholine rings is 1. The molecule has 0 aliphatic carbocycles. The number of rotatable bonds is 4. The van der Waals surface area contributed by atoms with Gasteiger partial charge in [-0.2, -0.15) is 0 Å². The summed E-state index contributed by atoms with van der Waals surface area (Å²) in [4.78, 5) is 45.4. The molecule has 0 unspecified atom stereocenters. The number of nitrogens with zero attached hydrogens (tertiary/aromatic N) is 3. The van der Waals surface area contributed by atoms with Crippen LogP contribution in [0.1, 0.15) is 111 Å². The van der Waals surface area contributed by atoms with E-state index in [0.29, 0.717) is 22.5 Å². The quantitative estimate of drug-likeness (QED) is 0.338. The fourth-order valence-corrected chi connectivity index (χ4v) is 7.54. The highest BCUT2D eigenvalue weighted by Gasteiger charge is 2.68. The summed E-state index contributed by atoms with van der Waals surface area (Å²) in [7, 11) is 0. The van der Waals surface area contributed by atoms with Crippen molar-refractivity contribution in [1.82, 2.24) is 4.90 Å². The number of fused-ring (bicyclic) bond motifs is 1. The number of carbonyl (C=O) groups is 3. The van der Waals surface area contributed by atoms with Gasteiger partial charge in [0, 0.05) is 0 Å². The van der Waals surface area contributed by atoms with E-state index in [1.54, 1.807) is 57.2 Å². The standard InChI is InChI=1S/C35H46FN3O5/c1-29(2)33(9,10)44-34(11,12)30(3,4)39(29)25-19-18-21(20-24(25)36)37-28(42)43-35(13,31(37,5)6)32(7,8)38-26(40)22-16-14-15-17-23(22)27(38)41/h14-20H,1-13H3/t35-/m1/s1. The van der Waals surface area contributed by atoms with Crippen molar-refractivity contribution in [3.63, 3.8) is 0 Å². The van der Waals surface area contributed by atoms with Crippen LogP contribution in [0.25, 0.3) is 0 Å². The molecule has 0 spiro atoms. The summed E-state index contributed by atoms with van der Waals surface area (Å²) in [6, 6.07) is 11.5. The van der Waals surface area contributed by atoms with Crippen LogP contribution in [0.5, 0.6) is 0 Å². The number of anilines is 2. The van der Waals surface area contributed by atoms with Crippen LogP contribution in [0.3, 0.4) is 0 Å². The van der Waals surface area contributed by atoms with Gasteiger partial charge in [-0.05, 0) is 120 Å². The predicted octanol–water partition coefficient (Wildman–Crippen LogP) is 7.35. The van der Waals surface area contributed by atoms with Gasteiger partial charge < -0.3 is 14.4 Å². The van der Waals surface area contributed by atoms with Crippen LogP contribution in [0.15, 0.2) is 42.5 Å². The number of halogens is 1. The molecule has 2 fully saturated rings. The van der Waals surface area contributed by atoms with Gasteiger partial charge in [-0.15, -0.1) is 0 Å². The number of amides is 3. The average molecular weight is 608 g/mol. The van der Waals surface area contributed by atoms with Crippen molar-refractivity contribution >= 4 is 29.3 Å². The molecule has 2 saturated heterocycles. The SMILES string of the molecule is CC1(C)OC(C)(C)C(C)(C)N(c2ccc(N3C(=O)O[C@@](C)(C(C)(C)N4C(=O)c5ccccc5C4=O)C3(C)C)cc2F)C1(C)C. The number of imide groups is 1. The minimum Gasteiger partial charge on any atom is -0.438 e. The zero-order chi connectivity index (χ0) is 33.2. The van der Waals surface area contributed by atoms with Crippen molar-refractivity contribution in [3.8, 4) is 0 Å². The number of cyclic esters (lactones) is 1. The maximum atomic E-state index is 16.4. The molecule has 9 heteroatoms. The Morgan fingerprint density at radius 3 is 1.64 bits per heavy atom. The van der Waals surface area contributed by atoms with E-state index in [2.05, 4.69) is 4.90 Å². The molecule has 0 N–H and O–H groups in total. The van der Waals surface area contributed by atoms with Gasteiger partial charge in [0.15, 0.2) is 5.60 Å². The second-order valence-electron chi connectivity index (χ2n) is 15.6. The lowest BCUT2D eigenvalue weighted by Gasteiger charge is -2.67. The van der Waals surface area contributed by atoms with Crippen LogP contribution in [0, 0.1) is 5.82 Å². The van der Waals surface area contributed by atoms with Crippen LogP contribution in [-0.4, -0.2) is 61.8 Å². The Labute approximate surface area is 260 Å². The summed E-state index contributed by atoms with van der Waals surface area (Å²) >= 11 is 0. The molecule has 0 saturated carbocycles. The fourth-order valence-electron chi connectivity index (χ4n) is 7.54. The molecule has 3 aliphatic heterocycles. The molecule has 3 amide bonds. The minimum atomic E-state index is -1.37. The van der Waals surface area contributed by atoms with Crippen LogP contribution in [-0.2, 0) is 9.47 Å². The Hall–Kier alpha value is -3.46. The molecule has 238 valence electrons. The summed E-state index contributed by atoms with van der Waals surface area (Å²) in [5.74, 6) is -1.38. The van der Waals surface area contributed by atoms with Crippen LogP contribution in [0.2, 0.25) is 0 Å². The number of benzene rings is 2. The summed E-state index contributed by atoms with van der Waals surface area (Å²) in [6.07, 6.45) is -0.691. The number of carbonyl (C=O) groups excluding carboxylic acids is 3. The van der Waals surface area contributed by atoms with Crippen molar-refractivity contribution in [3.05, 3.63) is 59.4 Å². The predicted molar refractivity (Wildman–Crippen MR) is 169 cm³/mol. The number of hydrogen-bond donors (Lipinski definition) is 0. The molecule has 0 bridgehead atoms. The van der Waals surface area contributed by atoms with E-state index in [9.17, 15) is 14.4 Å². The first kappa shape index (κ1) is 31.9. The first-order valence-corrected chi connectivity index (χ1v) is 15.2. The van der Waals surface area contributed by atoms with E-state index >= 15 is 4.39 Å². The van der Waals surface area contributed by atoms with Crippen molar-refractivity contribution < 1.29 is 28.2 Å². The summed E-state index contributed by atoms with van der Waals surface area (Å²) < 4.78 is 29.1. The summed E-state index contributed by atoms with van der Waals surface area (Å²) in [5, 5.41) is 0. The van der Waals surface area contributed by atoms with Gasteiger partial charge in [0.25, 0.3) is 11.8 Å². The van der Waals surface area contributed by atoms with Gasteiger partial charge >= 0.3 is 6.09 Å². The van der Waals surface area contributed by atoms with Gasteiger partial charge in [0.1, 0.15) is 5.82 Å². The molecule has 0 aromatic heterocycles. The lowest BCUT2D eigenvalue weighted by atomic mass is 9.70. The highest BCUT2D eigenvalue weighted by Crippen LogP contribution is 2.54. The molecule has 5 rings (SSSR count). The maximum Gasteiger partial charge on any atom is 0.415 e. The Morgan fingerprint density at radius 2 is 1.18 bits per heavy atom. The van der Waals surface area contributed by atoms with Gasteiger partial charge in [-0.25, -0.2) is 9.18 Å². The molecule has 3 heterocycles. The third-order valence-corrected chi connectivity index (χ3v) is 11.7. The summed E-state index contributed by atoms with van der Waals surface area (Å²) in [6.45, 7) is 25.0. The number of hydrogen-bond acceptors (Lipinski definition) is 6. The topological polar surface area (TPSA) is 79.4 Å². The monoisotopic (exact) mass is 607 g/mol. The lowest BCUT2D eigenvalue weighted by molar-refractivity contribution is -0.214. The molecule has 44 heavy (non-hydrogen) atoms. The first-order chi connectivity index (χ1) is 19.9. The maximum absolute atomic E-state index is 16.4. The third kappa shape index (κ3) is 3.80. The zero-order valence-electron chi connectivity index (χ0n) is 28.3. The van der Waals surface area contributed by atoms with E-state index < -0.39 is 62.7 Å². The van der Waals surface area contributed by atoms with Crippen molar-refractivity contribution in [2.24, 2.45) is 0 Å². The van der Waals surface area contributed by atoms with Crippen molar-refractivity contribution in [2.45, 2.75) is 129 Å². The molecule has 3 aliphatic rings. The Morgan fingerprint density at radius 1 is 0.705 bits per heavy atom. The molecule has 1 atom stereocenters. The largest absolute Gasteiger partial charge is 0.438 e. The zero-order valence-corrected chi connectivity index (χ0v) is 28.3. The van der Waals surface area contributed by atoms with E-state index in [1.807, 2.05) is 69.2 Å². The van der Waals surface area contributed by atoms with Crippen LogP contribution < -0.4 is 9.80 Å². The molecule has 2 aromatic carbocycles. The van der Waals surface area contributed by atoms with E-state index in [-0.39, 0.29) is 0 Å². The molecule has 2 aromatic rings. The average Bonchev–Trinajstić information content (AvgIpc) is 3.24. The first-order valence-electron chi connectivity index (χ1n) is 15.2. The molecule has 8 nitrogen and oxygen atoms in total. The Balaban J connectivity index is 1.55. The fraction of sp³-hybridized carbons (Fsp3) is 0.571. The second kappa shape index (κ2) is 9.05. The third-order valence-electron chi connectivity index (χ3n) is 11.7. The van der Waals surface area contributed by atoms with Gasteiger partial charge in [-0.3, -0.25) is 19.4 Å². The van der Waals surface area contributed by atoms with E-state index in [4.69, 9.17) is 9.47 Å². The van der Waals surface area contributed by atoms with Gasteiger partial charge in [0.2, 0.25) is 0 Å². The summed E-state index contributed by atoms with van der Waals surface area (Å²) in [5.41, 5.74) is -4.86. The van der Waals surface area contributed by atoms with Gasteiger partial charge in [-0.1, -0.05) is 12.1 Å². The minimum absolute atomic E-state index is 0.311. The Kier molecular flexibility index (Phi) is 6.57. The molecular weight excluding hydrogens is 561 g/mol. The normalized spacial score (nSPS) is 26.6. The highest BCUT2D eigenvalue weighted by molar-refractivity contribution is 6.22. The van der Waals surface area contributed by atoms with E-state index in [0.717, 1.165) is 0 Å².